The van der Waals surface area contributed by atoms with Gasteiger partial charge in [0, 0.05) is 12.6 Å². The number of guanidine groups is 1. The predicted octanol–water partition coefficient (Wildman–Crippen LogP) is 2.46. The maximum atomic E-state index is 12.5. The highest BCUT2D eigenvalue weighted by Crippen LogP contribution is 2.37. The molecular formula is C23H33ClN8O. The van der Waals surface area contributed by atoms with Crippen molar-refractivity contribution in [1.82, 2.24) is 20.2 Å². The van der Waals surface area contributed by atoms with Crippen LogP contribution in [0.25, 0.3) is 0 Å². The molecule has 178 valence electrons. The van der Waals surface area contributed by atoms with E-state index in [0.717, 1.165) is 38.8 Å². The Morgan fingerprint density at radius 1 is 1.18 bits per heavy atom. The molecule has 33 heavy (non-hydrogen) atoms. The molecule has 1 aliphatic rings. The summed E-state index contributed by atoms with van der Waals surface area (Å²) >= 11 is 5.87. The van der Waals surface area contributed by atoms with E-state index in [1.165, 1.54) is 5.56 Å². The summed E-state index contributed by atoms with van der Waals surface area (Å²) in [5.41, 5.74) is 18.5. The number of nitrogens with two attached hydrogens (primary N) is 3. The van der Waals surface area contributed by atoms with Crippen LogP contribution in [-0.4, -0.2) is 52.4 Å². The summed E-state index contributed by atoms with van der Waals surface area (Å²) in [5, 5.41) is 2.44. The standard InChI is InChI=1S/C23H33ClN8O/c1-15(2)32-12-10-23(11-13-32,9-8-16-6-4-3-5-7-16)14-28-22(27)31-21(33)17-19(25)30-20(26)18(24)29-17/h3-7,15H,8-14H2,1-2H3,(H4,25,26,30)(H3,27,28,31,33). The maximum absolute atomic E-state index is 12.5. The molecule has 1 amide bonds. The lowest BCUT2D eigenvalue weighted by molar-refractivity contribution is 0.0818. The molecular weight excluding hydrogens is 440 g/mol. The summed E-state index contributed by atoms with van der Waals surface area (Å²) in [6.07, 6.45) is 4.02. The Morgan fingerprint density at radius 3 is 2.48 bits per heavy atom. The topological polar surface area (TPSA) is 149 Å². The van der Waals surface area contributed by atoms with Crippen LogP contribution in [0.2, 0.25) is 5.15 Å². The fraction of sp³-hybridized carbons (Fsp3) is 0.478. The first kappa shape index (κ1) is 24.7. The van der Waals surface area contributed by atoms with Crippen LogP contribution >= 0.6 is 11.6 Å². The van der Waals surface area contributed by atoms with E-state index in [4.69, 9.17) is 28.8 Å². The van der Waals surface area contributed by atoms with Gasteiger partial charge in [0.25, 0.3) is 5.91 Å². The van der Waals surface area contributed by atoms with Crippen LogP contribution < -0.4 is 22.5 Å². The van der Waals surface area contributed by atoms with E-state index in [0.29, 0.717) is 12.6 Å². The molecule has 9 nitrogen and oxygen atoms in total. The van der Waals surface area contributed by atoms with Gasteiger partial charge in [-0.2, -0.15) is 0 Å². The number of likely N-dealkylation sites (tertiary alicyclic amines) is 1. The van der Waals surface area contributed by atoms with Crippen molar-refractivity contribution in [2.24, 2.45) is 16.1 Å². The Bertz CT molecular complexity index is 987. The first-order chi connectivity index (χ1) is 15.7. The number of nitrogens with one attached hydrogen (secondary N) is 1. The van der Waals surface area contributed by atoms with E-state index in [1.807, 2.05) is 6.07 Å². The zero-order valence-electron chi connectivity index (χ0n) is 19.2. The fourth-order valence-corrected chi connectivity index (χ4v) is 4.26. The number of carbonyl (C=O) groups is 1. The van der Waals surface area contributed by atoms with Crippen molar-refractivity contribution in [1.29, 1.82) is 0 Å². The van der Waals surface area contributed by atoms with E-state index in [9.17, 15) is 4.79 Å². The fourth-order valence-electron chi connectivity index (χ4n) is 4.13. The third-order valence-electron chi connectivity index (χ3n) is 6.32. The molecule has 0 bridgehead atoms. The molecule has 2 heterocycles. The average Bonchev–Trinajstić information content (AvgIpc) is 2.80. The molecule has 0 spiro atoms. The number of aliphatic imine (C=N–C) groups is 1. The van der Waals surface area contributed by atoms with Crippen molar-refractivity contribution in [3.8, 4) is 0 Å². The number of halogens is 1. The Morgan fingerprint density at radius 2 is 1.85 bits per heavy atom. The molecule has 0 radical (unpaired) electrons. The maximum Gasteiger partial charge on any atom is 0.280 e. The van der Waals surface area contributed by atoms with Crippen LogP contribution in [0.15, 0.2) is 35.3 Å². The highest BCUT2D eigenvalue weighted by atomic mass is 35.5. The first-order valence-corrected chi connectivity index (χ1v) is 11.5. The Balaban J connectivity index is 1.69. The van der Waals surface area contributed by atoms with Crippen molar-refractivity contribution in [2.45, 2.75) is 45.6 Å². The number of amides is 1. The molecule has 1 fully saturated rings. The van der Waals surface area contributed by atoms with Crippen molar-refractivity contribution in [3.63, 3.8) is 0 Å². The van der Waals surface area contributed by atoms with Crippen LogP contribution in [0.4, 0.5) is 11.6 Å². The molecule has 1 saturated heterocycles. The van der Waals surface area contributed by atoms with Gasteiger partial charge in [0.2, 0.25) is 0 Å². The van der Waals surface area contributed by atoms with Crippen LogP contribution in [0, 0.1) is 5.41 Å². The third-order valence-corrected chi connectivity index (χ3v) is 6.60. The third kappa shape index (κ3) is 6.55. The van der Waals surface area contributed by atoms with Gasteiger partial charge >= 0.3 is 0 Å². The molecule has 2 aromatic rings. The monoisotopic (exact) mass is 472 g/mol. The summed E-state index contributed by atoms with van der Waals surface area (Å²) < 4.78 is 0. The van der Waals surface area contributed by atoms with Crippen LogP contribution in [0.1, 0.15) is 49.2 Å². The molecule has 7 N–H and O–H groups in total. The minimum absolute atomic E-state index is 0.0134. The second-order valence-corrected chi connectivity index (χ2v) is 9.26. The van der Waals surface area contributed by atoms with Crippen LogP contribution in [0.5, 0.6) is 0 Å². The summed E-state index contributed by atoms with van der Waals surface area (Å²) in [6.45, 7) is 7.01. The van der Waals surface area contributed by atoms with Gasteiger partial charge in [-0.05, 0) is 63.6 Å². The lowest BCUT2D eigenvalue weighted by Gasteiger charge is -2.42. The summed E-state index contributed by atoms with van der Waals surface area (Å²) in [6, 6.07) is 11.0. The van der Waals surface area contributed by atoms with Gasteiger partial charge in [0.05, 0.1) is 0 Å². The number of benzene rings is 1. The summed E-state index contributed by atoms with van der Waals surface area (Å²) in [7, 11) is 0. The van der Waals surface area contributed by atoms with E-state index in [1.54, 1.807) is 0 Å². The SMILES string of the molecule is CC(C)N1CCC(CCc2ccccc2)(CN=C(N)NC(=O)c2nc(Cl)c(N)nc2N)CC1. The minimum atomic E-state index is -0.629. The lowest BCUT2D eigenvalue weighted by Crippen LogP contribution is -2.45. The number of piperidine rings is 1. The number of carbonyl (C=O) groups excluding carboxylic acids is 1. The Hall–Kier alpha value is -2.91. The molecule has 1 aliphatic heterocycles. The number of aryl methyl sites for hydroxylation is 1. The zero-order chi connectivity index (χ0) is 24.0. The number of aromatic nitrogens is 2. The average molecular weight is 473 g/mol. The number of anilines is 2. The zero-order valence-corrected chi connectivity index (χ0v) is 20.0. The second-order valence-electron chi connectivity index (χ2n) is 8.90. The normalized spacial score (nSPS) is 16.7. The number of rotatable bonds is 7. The van der Waals surface area contributed by atoms with Crippen LogP contribution in [0.3, 0.4) is 0 Å². The highest BCUT2D eigenvalue weighted by molar-refractivity contribution is 6.31. The molecule has 3 rings (SSSR count). The van der Waals surface area contributed by atoms with Crippen LogP contribution in [-0.2, 0) is 6.42 Å². The van der Waals surface area contributed by atoms with Crippen molar-refractivity contribution in [3.05, 3.63) is 46.7 Å². The van der Waals surface area contributed by atoms with Crippen molar-refractivity contribution >= 4 is 35.1 Å². The van der Waals surface area contributed by atoms with Gasteiger partial charge in [-0.25, -0.2) is 9.97 Å². The van der Waals surface area contributed by atoms with Crippen molar-refractivity contribution in [2.75, 3.05) is 31.1 Å². The molecule has 0 atom stereocenters. The minimum Gasteiger partial charge on any atom is -0.382 e. The van der Waals surface area contributed by atoms with E-state index < -0.39 is 5.91 Å². The smallest absolute Gasteiger partial charge is 0.280 e. The van der Waals surface area contributed by atoms with E-state index in [2.05, 4.69) is 63.3 Å². The first-order valence-electron chi connectivity index (χ1n) is 11.2. The quantitative estimate of drug-likeness (QED) is 0.357. The Kier molecular flexibility index (Phi) is 8.10. The second kappa shape index (κ2) is 10.8. The number of hydrogen-bond acceptors (Lipinski definition) is 7. The molecule has 0 aliphatic carbocycles. The summed E-state index contributed by atoms with van der Waals surface area (Å²) in [4.78, 5) is 27.3. The lowest BCUT2D eigenvalue weighted by atomic mass is 9.74. The summed E-state index contributed by atoms with van der Waals surface area (Å²) in [5.74, 6) is -0.779. The molecule has 10 heteroatoms. The largest absolute Gasteiger partial charge is 0.382 e. The molecule has 0 unspecified atom stereocenters. The van der Waals surface area contributed by atoms with Gasteiger partial charge in [0.1, 0.15) is 0 Å². The van der Waals surface area contributed by atoms with Gasteiger partial charge < -0.3 is 22.1 Å². The number of nitrogen functional groups attached to an aromatic ring is 2. The molecule has 1 aromatic heterocycles. The van der Waals surface area contributed by atoms with Gasteiger partial charge in [-0.15, -0.1) is 0 Å². The predicted molar refractivity (Wildman–Crippen MR) is 133 cm³/mol. The Labute approximate surface area is 199 Å². The number of hydrogen-bond donors (Lipinski definition) is 4. The van der Waals surface area contributed by atoms with E-state index >= 15 is 0 Å². The van der Waals surface area contributed by atoms with E-state index in [-0.39, 0.29) is 33.9 Å². The highest BCUT2D eigenvalue weighted by Gasteiger charge is 2.35. The van der Waals surface area contributed by atoms with Gasteiger partial charge in [-0.1, -0.05) is 41.9 Å². The molecule has 0 saturated carbocycles. The molecule has 1 aromatic carbocycles. The number of nitrogens with zero attached hydrogens (tertiary/aromatic N) is 4. The van der Waals surface area contributed by atoms with Gasteiger partial charge in [-0.3, -0.25) is 15.1 Å². The van der Waals surface area contributed by atoms with Gasteiger partial charge in [0.15, 0.2) is 28.4 Å². The van der Waals surface area contributed by atoms with Crippen molar-refractivity contribution < 1.29 is 4.79 Å².